The molecule has 0 saturated carbocycles. The smallest absolute Gasteiger partial charge is 0.332 e. The van der Waals surface area contributed by atoms with Gasteiger partial charge in [0.25, 0.3) is 5.56 Å². The van der Waals surface area contributed by atoms with Gasteiger partial charge in [0, 0.05) is 13.6 Å². The molecule has 2 aromatic heterocycles. The molecule has 0 amide bonds. The van der Waals surface area contributed by atoms with Crippen LogP contribution in [0.3, 0.4) is 0 Å². The molecule has 0 spiro atoms. The van der Waals surface area contributed by atoms with Crippen molar-refractivity contribution in [3.05, 3.63) is 98.0 Å². The van der Waals surface area contributed by atoms with E-state index in [1.165, 1.54) is 41.5 Å². The molecule has 0 bridgehead atoms. The summed E-state index contributed by atoms with van der Waals surface area (Å²) in [7, 11) is 1.65. The number of ether oxygens (including phenoxy) is 1. The molecule has 4 aromatic rings. The van der Waals surface area contributed by atoms with Gasteiger partial charge in [-0.05, 0) is 68.8 Å². The van der Waals surface area contributed by atoms with Crippen LogP contribution >= 0.6 is 0 Å². The number of rotatable bonds is 13. The zero-order chi connectivity index (χ0) is 31.8. The molecule has 0 unspecified atom stereocenters. The molecular formula is C35H53N5O3. The van der Waals surface area contributed by atoms with Crippen molar-refractivity contribution in [2.45, 2.75) is 87.4 Å². The largest absolute Gasteiger partial charge is 0.375 e. The van der Waals surface area contributed by atoms with Crippen LogP contribution < -0.4 is 16.6 Å². The quantitative estimate of drug-likeness (QED) is 0.187. The van der Waals surface area contributed by atoms with Crippen LogP contribution in [0.1, 0.15) is 76.4 Å². The first kappa shape index (κ1) is 35.7. The zero-order valence-electron chi connectivity index (χ0n) is 27.7. The summed E-state index contributed by atoms with van der Waals surface area (Å²) in [6.45, 7) is 18.4. The summed E-state index contributed by atoms with van der Waals surface area (Å²) in [5, 5.41) is 3.39. The van der Waals surface area contributed by atoms with Crippen LogP contribution in [-0.4, -0.2) is 38.4 Å². The number of aryl methyl sites for hydroxylation is 3. The number of aromatic nitrogens is 4. The molecule has 0 radical (unpaired) electrons. The summed E-state index contributed by atoms with van der Waals surface area (Å²) < 4.78 is 10.3. The monoisotopic (exact) mass is 591 g/mol. The van der Waals surface area contributed by atoms with E-state index >= 15 is 0 Å². The van der Waals surface area contributed by atoms with E-state index in [0.29, 0.717) is 30.1 Å². The maximum Gasteiger partial charge on any atom is 0.332 e. The lowest BCUT2D eigenvalue weighted by atomic mass is 10.1. The van der Waals surface area contributed by atoms with E-state index in [0.717, 1.165) is 22.6 Å². The predicted octanol–water partition coefficient (Wildman–Crippen LogP) is 6.23. The Kier molecular flexibility index (Phi) is 15.7. The first-order valence-corrected chi connectivity index (χ1v) is 15.8. The maximum atomic E-state index is 13.3. The van der Waals surface area contributed by atoms with Crippen molar-refractivity contribution in [1.82, 2.24) is 24.0 Å². The van der Waals surface area contributed by atoms with Crippen LogP contribution in [0.2, 0.25) is 0 Å². The molecule has 1 N–H and O–H groups in total. The summed E-state index contributed by atoms with van der Waals surface area (Å²) in [5.74, 6) is 1.56. The number of hydrogen-bond donors (Lipinski definition) is 1. The van der Waals surface area contributed by atoms with Gasteiger partial charge in [-0.3, -0.25) is 13.9 Å². The van der Waals surface area contributed by atoms with Crippen molar-refractivity contribution >= 4 is 11.2 Å². The Bertz CT molecular complexity index is 1490. The highest BCUT2D eigenvalue weighted by Gasteiger charge is 2.19. The van der Waals surface area contributed by atoms with Gasteiger partial charge >= 0.3 is 5.69 Å². The number of imidazole rings is 1. The molecule has 4 rings (SSSR count). The highest BCUT2D eigenvalue weighted by molar-refractivity contribution is 5.71. The van der Waals surface area contributed by atoms with Gasteiger partial charge in [0.05, 0.1) is 19.8 Å². The number of benzene rings is 2. The van der Waals surface area contributed by atoms with Gasteiger partial charge < -0.3 is 14.6 Å². The van der Waals surface area contributed by atoms with E-state index in [4.69, 9.17) is 4.74 Å². The second kappa shape index (κ2) is 18.9. The average molecular weight is 592 g/mol. The lowest BCUT2D eigenvalue weighted by Crippen LogP contribution is -2.40. The van der Waals surface area contributed by atoms with Crippen molar-refractivity contribution in [2.24, 2.45) is 13.0 Å². The van der Waals surface area contributed by atoms with Gasteiger partial charge in [-0.1, -0.05) is 89.2 Å². The van der Waals surface area contributed by atoms with E-state index in [-0.39, 0.29) is 24.4 Å². The molecule has 0 aliphatic rings. The van der Waals surface area contributed by atoms with E-state index < -0.39 is 0 Å². The van der Waals surface area contributed by atoms with Gasteiger partial charge in [0.15, 0.2) is 11.2 Å². The van der Waals surface area contributed by atoms with E-state index in [2.05, 4.69) is 31.1 Å². The van der Waals surface area contributed by atoms with Crippen LogP contribution in [0, 0.1) is 19.8 Å². The Hall–Kier alpha value is -3.49. The molecule has 43 heavy (non-hydrogen) atoms. The normalized spacial score (nSPS) is 10.8. The maximum absolute atomic E-state index is 13.3. The Morgan fingerprint density at radius 1 is 0.930 bits per heavy atom. The van der Waals surface area contributed by atoms with Crippen LogP contribution in [0.4, 0.5) is 0 Å². The second-order valence-corrected chi connectivity index (χ2v) is 11.0. The summed E-state index contributed by atoms with van der Waals surface area (Å²) in [5.41, 5.74) is 3.41. The minimum Gasteiger partial charge on any atom is -0.375 e. The fourth-order valence-electron chi connectivity index (χ4n) is 4.69. The minimum absolute atomic E-state index is 0.183. The predicted molar refractivity (Wildman–Crippen MR) is 179 cm³/mol. The first-order valence-electron chi connectivity index (χ1n) is 15.8. The lowest BCUT2D eigenvalue weighted by molar-refractivity contribution is 0.111. The van der Waals surface area contributed by atoms with Crippen LogP contribution in [-0.2, 0) is 31.5 Å². The number of hydrogen-bond acceptors (Lipinski definition) is 5. The molecule has 2 aromatic carbocycles. The molecule has 8 nitrogen and oxygen atoms in total. The van der Waals surface area contributed by atoms with Crippen molar-refractivity contribution in [2.75, 3.05) is 19.7 Å². The van der Waals surface area contributed by atoms with Gasteiger partial charge in [0.2, 0.25) is 0 Å². The van der Waals surface area contributed by atoms with Crippen molar-refractivity contribution < 1.29 is 4.74 Å². The summed E-state index contributed by atoms with van der Waals surface area (Å²) in [6.07, 6.45) is 3.94. The molecule has 236 valence electrons. The first-order chi connectivity index (χ1) is 20.7. The highest BCUT2D eigenvalue weighted by Crippen LogP contribution is 2.16. The zero-order valence-corrected chi connectivity index (χ0v) is 27.7. The summed E-state index contributed by atoms with van der Waals surface area (Å²) >= 11 is 0. The highest BCUT2D eigenvalue weighted by atomic mass is 16.5. The van der Waals surface area contributed by atoms with Gasteiger partial charge in [-0.15, -0.1) is 0 Å². The number of fused-ring (bicyclic) bond motifs is 1. The fraction of sp³-hybridized carbons (Fsp3) is 0.514. The van der Waals surface area contributed by atoms with Crippen LogP contribution in [0.15, 0.2) is 64.2 Å². The van der Waals surface area contributed by atoms with E-state index in [1.54, 1.807) is 7.05 Å². The Balaban J connectivity index is 0.000000459. The second-order valence-electron chi connectivity index (χ2n) is 11.0. The van der Waals surface area contributed by atoms with Crippen LogP contribution in [0.25, 0.3) is 11.2 Å². The van der Waals surface area contributed by atoms with Crippen LogP contribution in [0.5, 0.6) is 0 Å². The standard InChI is InChI=1S/C24H26N4O3.C9H21N.C2H6/c1-17-9-7-8-12-20(17)15-28-18(2)25-22-21(28)23(29)27(24(30)26(22)3)13-14-31-16-19-10-5-4-6-11-19;1-4-7-10-8-5-6-9(2)3;1-2/h4-12H,13-16H2,1-3H3;9-10H,4-8H2,1-3H3;1-2H3. The Labute approximate surface area is 257 Å². The number of nitrogens with one attached hydrogen (secondary N) is 1. The molecule has 0 aliphatic carbocycles. The van der Waals surface area contributed by atoms with Crippen molar-refractivity contribution in [3.63, 3.8) is 0 Å². The third-order valence-corrected chi connectivity index (χ3v) is 7.15. The van der Waals surface area contributed by atoms with Crippen molar-refractivity contribution in [1.29, 1.82) is 0 Å². The Morgan fingerprint density at radius 3 is 2.26 bits per heavy atom. The number of nitrogens with zero attached hydrogens (tertiary/aromatic N) is 4. The Morgan fingerprint density at radius 2 is 1.60 bits per heavy atom. The third kappa shape index (κ3) is 10.6. The van der Waals surface area contributed by atoms with E-state index in [1.807, 2.05) is 86.9 Å². The molecule has 0 saturated heterocycles. The minimum atomic E-state index is -0.388. The molecule has 2 heterocycles. The molecular weight excluding hydrogens is 538 g/mol. The van der Waals surface area contributed by atoms with E-state index in [9.17, 15) is 9.59 Å². The third-order valence-electron chi connectivity index (χ3n) is 7.15. The van der Waals surface area contributed by atoms with Crippen molar-refractivity contribution in [3.8, 4) is 0 Å². The molecule has 0 aliphatic heterocycles. The molecule has 0 fully saturated rings. The van der Waals surface area contributed by atoms with Gasteiger partial charge in [-0.2, -0.15) is 0 Å². The lowest BCUT2D eigenvalue weighted by Gasteiger charge is -2.12. The molecule has 8 heteroatoms. The summed E-state index contributed by atoms with van der Waals surface area (Å²) in [6, 6.07) is 17.9. The van der Waals surface area contributed by atoms with Gasteiger partial charge in [-0.25, -0.2) is 9.78 Å². The fourth-order valence-corrected chi connectivity index (χ4v) is 4.69. The van der Waals surface area contributed by atoms with Gasteiger partial charge in [0.1, 0.15) is 5.82 Å². The SMILES string of the molecule is CC.CCCNCCCC(C)C.Cc1ccccc1Cn1c(C)nc2c1c(=O)n(CCOCc1ccccc1)c(=O)n2C. The molecule has 0 atom stereocenters. The summed E-state index contributed by atoms with van der Waals surface area (Å²) in [4.78, 5) is 30.6. The topological polar surface area (TPSA) is 83.1 Å². The average Bonchev–Trinajstić information content (AvgIpc) is 3.34.